The zero-order valence-corrected chi connectivity index (χ0v) is 20.6. The van der Waals surface area contributed by atoms with E-state index in [1.54, 1.807) is 30.7 Å². The Morgan fingerprint density at radius 2 is 1.74 bits per heavy atom. The molecule has 0 amide bonds. The number of aromatic nitrogens is 6. The molecule has 2 aromatic rings. The second-order valence-corrected chi connectivity index (χ2v) is 8.50. The molecular formula is C21H35BN6O6. The SMILES string of the molecule is COCc1cn(C)nn1.[B]C1CC(OCc2cn(CC3OC(C)CC3OC)nn2)C(COC)O1. The molecule has 0 spiro atoms. The third-order valence-electron chi connectivity index (χ3n) is 5.59. The monoisotopic (exact) mass is 478 g/mol. The van der Waals surface area contributed by atoms with E-state index >= 15 is 0 Å². The van der Waals surface area contributed by atoms with E-state index in [4.69, 9.17) is 36.3 Å². The van der Waals surface area contributed by atoms with Gasteiger partial charge < -0.3 is 28.4 Å². The van der Waals surface area contributed by atoms with Crippen LogP contribution in [0, 0.1) is 0 Å². The molecule has 12 nitrogen and oxygen atoms in total. The van der Waals surface area contributed by atoms with Gasteiger partial charge in [0, 0.05) is 40.8 Å². The van der Waals surface area contributed by atoms with Crippen LogP contribution in [0.1, 0.15) is 31.2 Å². The second kappa shape index (κ2) is 13.3. The van der Waals surface area contributed by atoms with E-state index in [2.05, 4.69) is 27.5 Å². The fourth-order valence-electron chi connectivity index (χ4n) is 4.04. The van der Waals surface area contributed by atoms with Gasteiger partial charge in [0.2, 0.25) is 0 Å². The lowest BCUT2D eigenvalue weighted by Gasteiger charge is -2.17. The topological polar surface area (TPSA) is 117 Å². The minimum absolute atomic E-state index is 0.0113. The van der Waals surface area contributed by atoms with Crippen LogP contribution in [0.2, 0.25) is 0 Å². The molecular weight excluding hydrogens is 443 g/mol. The summed E-state index contributed by atoms with van der Waals surface area (Å²) in [5, 5.41) is 15.8. The predicted octanol–water partition coefficient (Wildman–Crippen LogP) is 0.247. The number of rotatable bonds is 10. The van der Waals surface area contributed by atoms with Crippen LogP contribution < -0.4 is 0 Å². The molecule has 2 aliphatic heterocycles. The van der Waals surface area contributed by atoms with Crippen molar-refractivity contribution < 1.29 is 28.4 Å². The van der Waals surface area contributed by atoms with E-state index in [-0.39, 0.29) is 36.5 Å². The summed E-state index contributed by atoms with van der Waals surface area (Å²) in [4.78, 5) is 0. The van der Waals surface area contributed by atoms with Gasteiger partial charge in [-0.3, -0.25) is 4.68 Å². The Morgan fingerprint density at radius 3 is 2.41 bits per heavy atom. The summed E-state index contributed by atoms with van der Waals surface area (Å²) in [5.41, 5.74) is 1.62. The molecule has 34 heavy (non-hydrogen) atoms. The maximum Gasteiger partial charge on any atom is 0.109 e. The normalized spacial score (nSPS) is 28.7. The van der Waals surface area contributed by atoms with Gasteiger partial charge in [0.25, 0.3) is 0 Å². The van der Waals surface area contributed by atoms with E-state index < -0.39 is 0 Å². The first-order valence-electron chi connectivity index (χ1n) is 11.3. The van der Waals surface area contributed by atoms with Gasteiger partial charge in [-0.1, -0.05) is 10.4 Å². The molecule has 188 valence electrons. The third kappa shape index (κ3) is 7.82. The molecule has 0 N–H and O–H groups in total. The molecule has 0 saturated carbocycles. The van der Waals surface area contributed by atoms with Crippen LogP contribution in [-0.4, -0.2) is 102 Å². The second-order valence-electron chi connectivity index (χ2n) is 8.50. The molecule has 2 radical (unpaired) electrons. The van der Waals surface area contributed by atoms with Crippen LogP contribution in [0.4, 0.5) is 0 Å². The van der Waals surface area contributed by atoms with Crippen molar-refractivity contribution >= 4 is 7.85 Å². The van der Waals surface area contributed by atoms with Crippen molar-refractivity contribution in [1.82, 2.24) is 30.0 Å². The van der Waals surface area contributed by atoms with Crippen molar-refractivity contribution in [2.75, 3.05) is 27.9 Å². The summed E-state index contributed by atoms with van der Waals surface area (Å²) in [6, 6.07) is -0.312. The number of hydrogen-bond acceptors (Lipinski definition) is 10. The third-order valence-corrected chi connectivity index (χ3v) is 5.59. The van der Waals surface area contributed by atoms with Gasteiger partial charge in [0.15, 0.2) is 0 Å². The number of aryl methyl sites for hydroxylation is 1. The van der Waals surface area contributed by atoms with Crippen LogP contribution in [0.25, 0.3) is 0 Å². The number of nitrogens with zero attached hydrogens (tertiary/aromatic N) is 6. The van der Waals surface area contributed by atoms with E-state index in [0.717, 1.165) is 17.8 Å². The molecule has 0 bridgehead atoms. The van der Waals surface area contributed by atoms with Gasteiger partial charge in [-0.15, -0.1) is 10.2 Å². The largest absolute Gasteiger partial charge is 0.382 e. The Bertz CT molecular complexity index is 853. The van der Waals surface area contributed by atoms with Gasteiger partial charge in [0.05, 0.1) is 57.1 Å². The first-order valence-corrected chi connectivity index (χ1v) is 11.3. The van der Waals surface area contributed by atoms with Crippen LogP contribution in [0.3, 0.4) is 0 Å². The number of methoxy groups -OCH3 is 3. The van der Waals surface area contributed by atoms with Crippen molar-refractivity contribution in [1.29, 1.82) is 0 Å². The molecule has 2 fully saturated rings. The molecule has 2 saturated heterocycles. The number of hydrogen-bond donors (Lipinski definition) is 0. The summed E-state index contributed by atoms with van der Waals surface area (Å²) in [7, 11) is 12.6. The van der Waals surface area contributed by atoms with Crippen molar-refractivity contribution in [2.24, 2.45) is 7.05 Å². The maximum absolute atomic E-state index is 5.91. The van der Waals surface area contributed by atoms with Gasteiger partial charge >= 0.3 is 0 Å². The fourth-order valence-corrected chi connectivity index (χ4v) is 4.04. The van der Waals surface area contributed by atoms with Gasteiger partial charge in [-0.05, 0) is 13.3 Å². The summed E-state index contributed by atoms with van der Waals surface area (Å²) < 4.78 is 36.3. The highest BCUT2D eigenvalue weighted by Gasteiger charge is 2.34. The highest BCUT2D eigenvalue weighted by atomic mass is 16.6. The molecule has 0 aliphatic carbocycles. The summed E-state index contributed by atoms with van der Waals surface area (Å²) in [6.07, 6.45) is 5.27. The zero-order chi connectivity index (χ0) is 24.5. The zero-order valence-electron chi connectivity index (χ0n) is 20.6. The van der Waals surface area contributed by atoms with Gasteiger partial charge in [-0.2, -0.15) is 0 Å². The molecule has 13 heteroatoms. The van der Waals surface area contributed by atoms with Crippen LogP contribution in [-0.2, 0) is 55.2 Å². The highest BCUT2D eigenvalue weighted by Crippen LogP contribution is 2.24. The van der Waals surface area contributed by atoms with Gasteiger partial charge in [0.1, 0.15) is 31.4 Å². The Morgan fingerprint density at radius 1 is 0.971 bits per heavy atom. The average molecular weight is 478 g/mol. The fraction of sp³-hybridized carbons (Fsp3) is 0.810. The van der Waals surface area contributed by atoms with Crippen molar-refractivity contribution in [2.45, 2.75) is 76.0 Å². The highest BCUT2D eigenvalue weighted by molar-refractivity contribution is 6.11. The Balaban J connectivity index is 0.000000302. The molecule has 6 unspecified atom stereocenters. The molecule has 4 heterocycles. The first kappa shape index (κ1) is 26.7. The lowest BCUT2D eigenvalue weighted by Crippen LogP contribution is -2.28. The minimum Gasteiger partial charge on any atom is -0.382 e. The maximum atomic E-state index is 5.91. The van der Waals surface area contributed by atoms with Crippen LogP contribution in [0.5, 0.6) is 0 Å². The van der Waals surface area contributed by atoms with E-state index in [9.17, 15) is 0 Å². The van der Waals surface area contributed by atoms with Crippen molar-refractivity contribution in [3.63, 3.8) is 0 Å². The Hall–Kier alpha value is -1.90. The number of ether oxygens (including phenoxy) is 6. The van der Waals surface area contributed by atoms with Crippen molar-refractivity contribution in [3.05, 3.63) is 23.8 Å². The van der Waals surface area contributed by atoms with E-state index in [1.807, 2.05) is 19.4 Å². The Kier molecular flexibility index (Phi) is 10.4. The standard InChI is InChI=1S/C16H26BN3O5.C5H9N3O/c1-10-4-12(22-3)14(24-10)7-20-6-11(18-19-20)8-23-13-5-16(17)25-15(13)9-21-2;1-8-3-5(4-9-2)6-7-8/h6,10,12-16H,4-5,7-9H2,1-3H3;3H,4H2,1-2H3. The minimum atomic E-state index is -0.312. The molecule has 0 aromatic carbocycles. The summed E-state index contributed by atoms with van der Waals surface area (Å²) in [6.45, 7) is 4.02. The molecule has 2 aromatic heterocycles. The smallest absolute Gasteiger partial charge is 0.109 e. The van der Waals surface area contributed by atoms with Crippen LogP contribution in [0.15, 0.2) is 12.4 Å². The summed E-state index contributed by atoms with van der Waals surface area (Å²) >= 11 is 0. The first-order chi connectivity index (χ1) is 16.4. The van der Waals surface area contributed by atoms with E-state index in [0.29, 0.717) is 32.8 Å². The van der Waals surface area contributed by atoms with Crippen LogP contribution >= 0.6 is 0 Å². The molecule has 2 aliphatic rings. The van der Waals surface area contributed by atoms with Crippen molar-refractivity contribution in [3.8, 4) is 0 Å². The quantitative estimate of drug-likeness (QED) is 0.440. The lowest BCUT2D eigenvalue weighted by molar-refractivity contribution is -0.0522. The van der Waals surface area contributed by atoms with E-state index in [1.165, 1.54) is 0 Å². The molecule has 6 atom stereocenters. The lowest BCUT2D eigenvalue weighted by atomic mass is 9.96. The predicted molar refractivity (Wildman–Crippen MR) is 121 cm³/mol. The Labute approximate surface area is 201 Å². The summed E-state index contributed by atoms with van der Waals surface area (Å²) in [5.74, 6) is 0. The molecule has 4 rings (SSSR count). The average Bonchev–Trinajstić information content (AvgIpc) is 3.57. The van der Waals surface area contributed by atoms with Gasteiger partial charge in [-0.25, -0.2) is 4.68 Å².